The number of quaternary nitrogens is 1. The van der Waals surface area contributed by atoms with Crippen LogP contribution in [-0.2, 0) is 18.4 Å². The Morgan fingerprint density at radius 2 is 0.735 bits per heavy atom. The molecule has 3 unspecified atom stereocenters. The summed E-state index contributed by atoms with van der Waals surface area (Å²) in [5.41, 5.74) is 0. The van der Waals surface area contributed by atoms with Gasteiger partial charge in [-0.3, -0.25) is 13.8 Å². The fraction of sp³-hybridized carbons (Fsp3) is 0.770. The van der Waals surface area contributed by atoms with Crippen LogP contribution in [0.25, 0.3) is 0 Å². The molecule has 0 aliphatic rings. The van der Waals surface area contributed by atoms with E-state index in [0.29, 0.717) is 17.4 Å². The van der Waals surface area contributed by atoms with Gasteiger partial charge in [0.05, 0.1) is 39.9 Å². The van der Waals surface area contributed by atoms with Gasteiger partial charge in [-0.1, -0.05) is 323 Å². The zero-order chi connectivity index (χ0) is 60.5. The van der Waals surface area contributed by atoms with Crippen LogP contribution in [-0.4, -0.2) is 73.4 Å². The van der Waals surface area contributed by atoms with Crippen molar-refractivity contribution in [1.29, 1.82) is 0 Å². The summed E-state index contributed by atoms with van der Waals surface area (Å²) in [6.07, 6.45) is 92.7. The number of nitrogens with zero attached hydrogens (tertiary/aromatic N) is 1. The van der Waals surface area contributed by atoms with E-state index in [-0.39, 0.29) is 19.1 Å². The van der Waals surface area contributed by atoms with Gasteiger partial charge in [-0.15, -0.1) is 0 Å². The van der Waals surface area contributed by atoms with Gasteiger partial charge in [0.2, 0.25) is 5.91 Å². The highest BCUT2D eigenvalue weighted by atomic mass is 31.2. The highest BCUT2D eigenvalue weighted by Crippen LogP contribution is 2.43. The molecule has 0 aromatic carbocycles. The summed E-state index contributed by atoms with van der Waals surface area (Å²) in [6.45, 7) is 4.71. The van der Waals surface area contributed by atoms with Gasteiger partial charge < -0.3 is 19.8 Å². The molecule has 8 nitrogen and oxygen atoms in total. The molecular weight excluding hydrogens is 1040 g/mol. The maximum atomic E-state index is 13.1. The zero-order valence-corrected chi connectivity index (χ0v) is 56.1. The normalized spacial score (nSPS) is 14.3. The fourth-order valence-electron chi connectivity index (χ4n) is 10.1. The molecule has 0 aliphatic heterocycles. The van der Waals surface area contributed by atoms with Crippen molar-refractivity contribution in [1.82, 2.24) is 5.32 Å². The molecular formula is C74H136N2O6P+. The monoisotopic (exact) mass is 1180 g/mol. The molecule has 0 saturated carbocycles. The minimum Gasteiger partial charge on any atom is -0.387 e. The molecule has 0 bridgehead atoms. The number of aliphatic hydroxyl groups excluding tert-OH is 1. The smallest absolute Gasteiger partial charge is 0.387 e. The van der Waals surface area contributed by atoms with Gasteiger partial charge in [-0.2, -0.15) is 0 Å². The number of likely N-dealkylation sites (N-methyl/N-ethyl adjacent to an activating group) is 1. The Kier molecular flexibility index (Phi) is 61.9. The van der Waals surface area contributed by atoms with Crippen LogP contribution in [0, 0.1) is 0 Å². The predicted molar refractivity (Wildman–Crippen MR) is 364 cm³/mol. The third-order valence-electron chi connectivity index (χ3n) is 15.5. The lowest BCUT2D eigenvalue weighted by Crippen LogP contribution is -2.45. The second-order valence-electron chi connectivity index (χ2n) is 24.9. The van der Waals surface area contributed by atoms with Crippen LogP contribution in [0.2, 0.25) is 0 Å². The SMILES string of the molecule is CC/C=C\C/C=C\C/C=C\C/C=C\C/C=C\C/C=C\CCCCCCCCCCCCCCCCC(=O)NC(COP(=O)(O)OCC[N+](C)(C)C)C(O)/C=C/CC/C=C/CCCCCCCCCCCCCCCCCCCCCCCC. The van der Waals surface area contributed by atoms with E-state index in [0.717, 1.165) is 77.0 Å². The van der Waals surface area contributed by atoms with Crippen LogP contribution in [0.4, 0.5) is 0 Å². The fourth-order valence-corrected chi connectivity index (χ4v) is 10.9. The first-order valence-corrected chi connectivity index (χ1v) is 36.6. The number of phosphoric acid groups is 1. The average molecular weight is 1180 g/mol. The third kappa shape index (κ3) is 66.8. The van der Waals surface area contributed by atoms with Gasteiger partial charge in [-0.25, -0.2) is 4.57 Å². The van der Waals surface area contributed by atoms with Crippen molar-refractivity contribution in [2.24, 2.45) is 0 Å². The third-order valence-corrected chi connectivity index (χ3v) is 16.5. The molecule has 3 atom stereocenters. The molecule has 0 saturated heterocycles. The maximum absolute atomic E-state index is 13.1. The molecule has 0 aromatic heterocycles. The van der Waals surface area contributed by atoms with Crippen LogP contribution in [0.3, 0.4) is 0 Å². The van der Waals surface area contributed by atoms with Crippen LogP contribution in [0.1, 0.15) is 316 Å². The Morgan fingerprint density at radius 3 is 1.11 bits per heavy atom. The number of unbranched alkanes of at least 4 members (excludes halogenated alkanes) is 37. The lowest BCUT2D eigenvalue weighted by atomic mass is 10.0. The number of carbonyl (C=O) groups excluding carboxylic acids is 1. The van der Waals surface area contributed by atoms with E-state index < -0.39 is 20.0 Å². The molecule has 0 aliphatic carbocycles. The average Bonchev–Trinajstić information content (AvgIpc) is 3.49. The summed E-state index contributed by atoms with van der Waals surface area (Å²) in [6, 6.07) is -0.871. The topological polar surface area (TPSA) is 105 Å². The Balaban J connectivity index is 4.12. The van der Waals surface area contributed by atoms with Gasteiger partial charge >= 0.3 is 7.82 Å². The van der Waals surface area contributed by atoms with E-state index in [1.165, 1.54) is 218 Å². The first kappa shape index (κ1) is 80.4. The van der Waals surface area contributed by atoms with Gasteiger partial charge in [0.25, 0.3) is 0 Å². The molecule has 83 heavy (non-hydrogen) atoms. The van der Waals surface area contributed by atoms with Gasteiger partial charge in [-0.05, 0) is 83.5 Å². The highest BCUT2D eigenvalue weighted by Gasteiger charge is 2.28. The molecule has 482 valence electrons. The van der Waals surface area contributed by atoms with E-state index >= 15 is 0 Å². The summed E-state index contributed by atoms with van der Waals surface area (Å²) >= 11 is 0. The number of amides is 1. The Bertz CT molecular complexity index is 1670. The van der Waals surface area contributed by atoms with E-state index in [1.807, 2.05) is 27.2 Å². The highest BCUT2D eigenvalue weighted by molar-refractivity contribution is 7.47. The van der Waals surface area contributed by atoms with Gasteiger partial charge in [0.15, 0.2) is 0 Å². The molecule has 0 heterocycles. The summed E-state index contributed by atoms with van der Waals surface area (Å²) < 4.78 is 23.8. The standard InChI is InChI=1S/C74H135N2O6P/c1-6-8-10-12-14-16-18-20-22-24-26-28-30-32-34-36-37-38-39-40-42-44-46-48-50-52-54-56-58-60-62-64-66-68-74(78)75-72(71-82-83(79,80)81-70-69-76(3,4)5)73(77)67-65-63-61-59-57-55-53-51-49-47-45-43-41-35-33-31-29-27-25-23-21-19-17-15-13-11-9-7-2/h8,10,14,16,20,22,26,28,32,34,37-38,57,59,65,67,72-73,77H,6-7,9,11-13,15,17-19,21,23-25,27,29-31,33,35-36,39-56,58,60-64,66,68-71H2,1-5H3,(H-,75,78,79,80)/p+1/b10-8-,16-14-,22-20-,28-26-,34-32-,38-37-,59-57+,67-65+. The van der Waals surface area contributed by atoms with Crippen LogP contribution < -0.4 is 5.32 Å². The second-order valence-corrected chi connectivity index (χ2v) is 26.3. The largest absolute Gasteiger partial charge is 0.472 e. The summed E-state index contributed by atoms with van der Waals surface area (Å²) in [5.74, 6) is -0.187. The summed E-state index contributed by atoms with van der Waals surface area (Å²) in [7, 11) is 1.55. The molecule has 0 aromatic rings. The number of carbonyl (C=O) groups is 1. The number of nitrogens with one attached hydrogen (secondary N) is 1. The maximum Gasteiger partial charge on any atom is 0.472 e. The molecule has 9 heteroatoms. The van der Waals surface area contributed by atoms with Crippen LogP contribution in [0.15, 0.2) is 97.2 Å². The molecule has 0 radical (unpaired) electrons. The van der Waals surface area contributed by atoms with Crippen molar-refractivity contribution in [3.05, 3.63) is 97.2 Å². The van der Waals surface area contributed by atoms with Crippen molar-refractivity contribution < 1.29 is 32.9 Å². The predicted octanol–water partition coefficient (Wildman–Crippen LogP) is 22.5. The minimum absolute atomic E-state index is 0.0532. The van der Waals surface area contributed by atoms with E-state index in [9.17, 15) is 19.4 Å². The second kappa shape index (κ2) is 63.9. The van der Waals surface area contributed by atoms with Crippen LogP contribution in [0.5, 0.6) is 0 Å². The van der Waals surface area contributed by atoms with Gasteiger partial charge in [0, 0.05) is 6.42 Å². The number of hydrogen-bond acceptors (Lipinski definition) is 5. The molecule has 0 fully saturated rings. The van der Waals surface area contributed by atoms with Crippen molar-refractivity contribution in [3.8, 4) is 0 Å². The first-order valence-electron chi connectivity index (χ1n) is 35.1. The lowest BCUT2D eigenvalue weighted by Gasteiger charge is -2.25. The zero-order valence-electron chi connectivity index (χ0n) is 55.2. The Labute approximate surface area is 515 Å². The quantitative estimate of drug-likeness (QED) is 0.0243. The van der Waals surface area contributed by atoms with Crippen molar-refractivity contribution in [2.45, 2.75) is 328 Å². The number of rotatable bonds is 64. The Hall–Kier alpha value is -2.58. The number of aliphatic hydroxyl groups is 1. The lowest BCUT2D eigenvalue weighted by molar-refractivity contribution is -0.870. The summed E-state index contributed by atoms with van der Waals surface area (Å²) in [5, 5.41) is 14.0. The molecule has 1 amide bonds. The van der Waals surface area contributed by atoms with Crippen molar-refractivity contribution in [3.63, 3.8) is 0 Å². The van der Waals surface area contributed by atoms with Crippen LogP contribution >= 0.6 is 7.82 Å². The van der Waals surface area contributed by atoms with E-state index in [4.69, 9.17) is 9.05 Å². The Morgan fingerprint density at radius 1 is 0.422 bits per heavy atom. The number of hydrogen-bond donors (Lipinski definition) is 3. The number of phosphoric ester groups is 1. The number of allylic oxidation sites excluding steroid dienone is 15. The molecule has 0 spiro atoms. The first-order chi connectivity index (χ1) is 40.5. The molecule has 0 rings (SSSR count). The van der Waals surface area contributed by atoms with Crippen molar-refractivity contribution >= 4 is 13.7 Å². The van der Waals surface area contributed by atoms with Crippen molar-refractivity contribution in [2.75, 3.05) is 40.9 Å². The van der Waals surface area contributed by atoms with Gasteiger partial charge in [0.1, 0.15) is 13.2 Å². The minimum atomic E-state index is -4.37. The van der Waals surface area contributed by atoms with E-state index in [1.54, 1.807) is 6.08 Å². The molecule has 3 N–H and O–H groups in total. The van der Waals surface area contributed by atoms with E-state index in [2.05, 4.69) is 104 Å². The summed E-state index contributed by atoms with van der Waals surface area (Å²) in [4.78, 5) is 23.4.